The number of hydrogen-bond donors (Lipinski definition) is 1. The first-order chi connectivity index (χ1) is 9.99. The molecule has 1 aromatic rings. The number of carbonyl (C=O) groups is 1. The fraction of sp³-hybridized carbons (Fsp3) is 0.500. The summed E-state index contributed by atoms with van der Waals surface area (Å²) in [6, 6.07) is 3.87. The zero-order chi connectivity index (χ0) is 15.4. The molecule has 0 heterocycles. The van der Waals surface area contributed by atoms with Crippen LogP contribution in [0.5, 0.6) is 0 Å². The largest absolute Gasteiger partial charge is 0.398 e. The number of hydrogen-bond acceptors (Lipinski definition) is 5. The Hall–Kier alpha value is -2.15. The van der Waals surface area contributed by atoms with Gasteiger partial charge in [-0.3, -0.25) is 14.9 Å². The summed E-state index contributed by atoms with van der Waals surface area (Å²) in [7, 11) is 1.63. The predicted octanol–water partition coefficient (Wildman–Crippen LogP) is 1.68. The first-order valence-electron chi connectivity index (χ1n) is 6.86. The van der Waals surface area contributed by atoms with Crippen LogP contribution in [0.3, 0.4) is 0 Å². The minimum Gasteiger partial charge on any atom is -0.398 e. The van der Waals surface area contributed by atoms with Crippen molar-refractivity contribution in [3.05, 3.63) is 33.9 Å². The van der Waals surface area contributed by atoms with Crippen molar-refractivity contribution in [3.63, 3.8) is 0 Å². The van der Waals surface area contributed by atoms with E-state index in [0.29, 0.717) is 19.1 Å². The Morgan fingerprint density at radius 3 is 2.86 bits per heavy atom. The van der Waals surface area contributed by atoms with E-state index >= 15 is 0 Å². The van der Waals surface area contributed by atoms with Gasteiger partial charge in [0.25, 0.3) is 11.6 Å². The monoisotopic (exact) mass is 293 g/mol. The summed E-state index contributed by atoms with van der Waals surface area (Å²) in [5.74, 6) is 0.338. The Bertz CT molecular complexity index is 543. The van der Waals surface area contributed by atoms with Crippen LogP contribution in [0.15, 0.2) is 18.2 Å². The molecular formula is C14H19N3O4. The van der Waals surface area contributed by atoms with Crippen molar-refractivity contribution in [3.8, 4) is 0 Å². The summed E-state index contributed by atoms with van der Waals surface area (Å²) >= 11 is 0. The lowest BCUT2D eigenvalue weighted by atomic mass is 10.1. The van der Waals surface area contributed by atoms with Crippen LogP contribution >= 0.6 is 0 Å². The normalized spacial score (nSPS) is 14.0. The molecule has 0 unspecified atom stereocenters. The number of ether oxygens (including phenoxy) is 1. The average molecular weight is 293 g/mol. The van der Waals surface area contributed by atoms with Gasteiger partial charge in [-0.15, -0.1) is 0 Å². The third kappa shape index (κ3) is 4.16. The molecule has 0 atom stereocenters. The zero-order valence-electron chi connectivity index (χ0n) is 11.9. The van der Waals surface area contributed by atoms with E-state index in [4.69, 9.17) is 10.5 Å². The molecular weight excluding hydrogens is 274 g/mol. The minimum atomic E-state index is -0.547. The van der Waals surface area contributed by atoms with E-state index in [9.17, 15) is 14.9 Å². The van der Waals surface area contributed by atoms with Crippen molar-refractivity contribution in [2.75, 3.05) is 32.5 Å². The van der Waals surface area contributed by atoms with E-state index in [1.54, 1.807) is 7.05 Å². The van der Waals surface area contributed by atoms with Gasteiger partial charge in [0.15, 0.2) is 0 Å². The first kappa shape index (κ1) is 15.2. The van der Waals surface area contributed by atoms with Gasteiger partial charge in [0, 0.05) is 38.0 Å². The van der Waals surface area contributed by atoms with Gasteiger partial charge in [-0.05, 0) is 24.8 Å². The molecule has 0 radical (unpaired) electrons. The smallest absolute Gasteiger partial charge is 0.270 e. The highest BCUT2D eigenvalue weighted by Crippen LogP contribution is 2.28. The van der Waals surface area contributed by atoms with Crippen LogP contribution < -0.4 is 5.73 Å². The number of nitro benzene ring substituents is 1. The molecule has 0 bridgehead atoms. The topological polar surface area (TPSA) is 98.7 Å². The number of benzene rings is 1. The fourth-order valence-corrected chi connectivity index (χ4v) is 1.89. The lowest BCUT2D eigenvalue weighted by Gasteiger charge is -2.18. The summed E-state index contributed by atoms with van der Waals surface area (Å²) in [5, 5.41) is 10.8. The zero-order valence-corrected chi connectivity index (χ0v) is 11.9. The Morgan fingerprint density at radius 1 is 1.52 bits per heavy atom. The van der Waals surface area contributed by atoms with Crippen molar-refractivity contribution in [2.45, 2.75) is 12.8 Å². The number of non-ortho nitro benzene ring substituents is 1. The lowest BCUT2D eigenvalue weighted by Crippen LogP contribution is -2.31. The van der Waals surface area contributed by atoms with Crippen molar-refractivity contribution >= 4 is 17.3 Å². The van der Waals surface area contributed by atoms with E-state index in [-0.39, 0.29) is 22.8 Å². The number of likely N-dealkylation sites (N-methyl/N-ethyl adjacent to an activating group) is 1. The minimum absolute atomic E-state index is 0.147. The number of nitrogen functional groups attached to an aromatic ring is 1. The van der Waals surface area contributed by atoms with Gasteiger partial charge in [0.05, 0.1) is 17.1 Å². The Balaban J connectivity index is 1.93. The maximum absolute atomic E-state index is 12.2. The second-order valence-electron chi connectivity index (χ2n) is 5.27. The lowest BCUT2D eigenvalue weighted by molar-refractivity contribution is -0.384. The third-order valence-electron chi connectivity index (χ3n) is 3.45. The van der Waals surface area contributed by atoms with E-state index in [2.05, 4.69) is 0 Å². The molecule has 1 aromatic carbocycles. The van der Waals surface area contributed by atoms with Crippen LogP contribution in [0, 0.1) is 16.0 Å². The van der Waals surface area contributed by atoms with Gasteiger partial charge in [-0.25, -0.2) is 0 Å². The molecule has 1 aliphatic carbocycles. The van der Waals surface area contributed by atoms with Crippen LogP contribution in [0.2, 0.25) is 0 Å². The summed E-state index contributed by atoms with van der Waals surface area (Å²) in [5.41, 5.74) is 5.96. The van der Waals surface area contributed by atoms with E-state index in [1.807, 2.05) is 0 Å². The first-order valence-corrected chi connectivity index (χ1v) is 6.86. The van der Waals surface area contributed by atoms with Crippen molar-refractivity contribution in [1.29, 1.82) is 0 Å². The summed E-state index contributed by atoms with van der Waals surface area (Å²) < 4.78 is 5.47. The standard InChI is InChI=1S/C14H19N3O4/c1-16(6-7-21-9-10-2-3-10)14(18)12-8-11(17(19)20)4-5-13(12)15/h4-5,8,10H,2-3,6-7,9,15H2,1H3. The predicted molar refractivity (Wildman–Crippen MR) is 78.0 cm³/mol. The summed E-state index contributed by atoms with van der Waals surface area (Å²) in [6.45, 7) is 1.61. The van der Waals surface area contributed by atoms with Gasteiger partial charge in [-0.2, -0.15) is 0 Å². The van der Waals surface area contributed by atoms with Crippen LogP contribution in [-0.4, -0.2) is 42.5 Å². The molecule has 2 N–H and O–H groups in total. The Kier molecular flexibility index (Phi) is 4.74. The summed E-state index contributed by atoms with van der Waals surface area (Å²) in [4.78, 5) is 23.9. The fourth-order valence-electron chi connectivity index (χ4n) is 1.89. The maximum atomic E-state index is 12.2. The van der Waals surface area contributed by atoms with Crippen molar-refractivity contribution in [2.24, 2.45) is 5.92 Å². The molecule has 0 aliphatic heterocycles. The molecule has 7 nitrogen and oxygen atoms in total. The number of anilines is 1. The van der Waals surface area contributed by atoms with Crippen LogP contribution in [0.25, 0.3) is 0 Å². The number of nitrogens with zero attached hydrogens (tertiary/aromatic N) is 2. The molecule has 21 heavy (non-hydrogen) atoms. The number of nitro groups is 1. The van der Waals surface area contributed by atoms with E-state index < -0.39 is 4.92 Å². The quantitative estimate of drug-likeness (QED) is 0.357. The van der Waals surface area contributed by atoms with Crippen LogP contribution in [-0.2, 0) is 4.74 Å². The van der Waals surface area contributed by atoms with Gasteiger partial charge >= 0.3 is 0 Å². The molecule has 114 valence electrons. The van der Waals surface area contributed by atoms with E-state index in [1.165, 1.54) is 35.9 Å². The maximum Gasteiger partial charge on any atom is 0.270 e. The highest BCUT2D eigenvalue weighted by Gasteiger charge is 2.22. The van der Waals surface area contributed by atoms with Crippen molar-refractivity contribution in [1.82, 2.24) is 4.90 Å². The Labute approximate surface area is 122 Å². The third-order valence-corrected chi connectivity index (χ3v) is 3.45. The van der Waals surface area contributed by atoms with Crippen molar-refractivity contribution < 1.29 is 14.5 Å². The highest BCUT2D eigenvalue weighted by atomic mass is 16.6. The molecule has 1 fully saturated rings. The SMILES string of the molecule is CN(CCOCC1CC1)C(=O)c1cc([N+](=O)[O-])ccc1N. The Morgan fingerprint density at radius 2 is 2.24 bits per heavy atom. The molecule has 0 saturated heterocycles. The second-order valence-corrected chi connectivity index (χ2v) is 5.27. The summed E-state index contributed by atoms with van der Waals surface area (Å²) in [6.07, 6.45) is 2.44. The molecule has 1 amide bonds. The molecule has 2 rings (SSSR count). The van der Waals surface area contributed by atoms with Gasteiger partial charge in [0.1, 0.15) is 0 Å². The molecule has 1 saturated carbocycles. The molecule has 0 spiro atoms. The van der Waals surface area contributed by atoms with Gasteiger partial charge in [0.2, 0.25) is 0 Å². The number of nitrogens with two attached hydrogens (primary N) is 1. The second kappa shape index (κ2) is 6.53. The average Bonchev–Trinajstić information content (AvgIpc) is 3.27. The van der Waals surface area contributed by atoms with Gasteiger partial charge in [-0.1, -0.05) is 0 Å². The molecule has 7 heteroatoms. The van der Waals surface area contributed by atoms with E-state index in [0.717, 1.165) is 6.61 Å². The van der Waals surface area contributed by atoms with Crippen LogP contribution in [0.4, 0.5) is 11.4 Å². The van der Waals surface area contributed by atoms with Gasteiger partial charge < -0.3 is 15.4 Å². The number of amides is 1. The number of rotatable bonds is 7. The number of carbonyl (C=O) groups excluding carboxylic acids is 1. The molecule has 0 aromatic heterocycles. The van der Waals surface area contributed by atoms with Crippen LogP contribution in [0.1, 0.15) is 23.2 Å². The highest BCUT2D eigenvalue weighted by molar-refractivity contribution is 5.99. The molecule has 1 aliphatic rings.